The fraction of sp³-hybridized carbons (Fsp3) is 0.304. The molecule has 1 amide bonds. The van der Waals surface area contributed by atoms with Crippen molar-refractivity contribution in [3.8, 4) is 11.1 Å². The Bertz CT molecular complexity index is 939. The zero-order valence-electron chi connectivity index (χ0n) is 16.1. The molecule has 5 heteroatoms. The molecule has 1 saturated heterocycles. The van der Waals surface area contributed by atoms with Gasteiger partial charge in [0, 0.05) is 23.8 Å². The predicted octanol–water partition coefficient (Wildman–Crippen LogP) is 4.97. The summed E-state index contributed by atoms with van der Waals surface area (Å²) in [6.45, 7) is 4.76. The van der Waals surface area contributed by atoms with E-state index >= 15 is 0 Å². The Balaban J connectivity index is 1.41. The Kier molecular flexibility index (Phi) is 5.84. The minimum atomic E-state index is 0.0244. The molecule has 0 saturated carbocycles. The predicted molar refractivity (Wildman–Crippen MR) is 115 cm³/mol. The summed E-state index contributed by atoms with van der Waals surface area (Å²) in [5.41, 5.74) is 4.38. The second-order valence-corrected chi connectivity index (χ2v) is 8.42. The van der Waals surface area contributed by atoms with E-state index in [1.807, 2.05) is 23.7 Å². The van der Waals surface area contributed by atoms with Crippen LogP contribution in [0.25, 0.3) is 11.1 Å². The van der Waals surface area contributed by atoms with E-state index in [0.717, 1.165) is 48.7 Å². The summed E-state index contributed by atoms with van der Waals surface area (Å²) >= 11 is 1.68. The Hall–Kier alpha value is -2.50. The molecule has 0 radical (unpaired) electrons. The van der Waals surface area contributed by atoms with E-state index in [-0.39, 0.29) is 11.8 Å². The van der Waals surface area contributed by atoms with E-state index in [9.17, 15) is 4.79 Å². The quantitative estimate of drug-likeness (QED) is 0.668. The number of nitrogens with one attached hydrogen (secondary N) is 1. The zero-order chi connectivity index (χ0) is 19.3. The number of nitrogens with zero attached hydrogens (tertiary/aromatic N) is 2. The third-order valence-electron chi connectivity index (χ3n) is 5.20. The van der Waals surface area contributed by atoms with Crippen LogP contribution in [0.15, 0.2) is 60.1 Å². The number of benzene rings is 2. The second-order valence-electron chi connectivity index (χ2n) is 7.44. The first-order chi connectivity index (χ1) is 13.7. The molecule has 28 heavy (non-hydrogen) atoms. The van der Waals surface area contributed by atoms with E-state index in [4.69, 9.17) is 0 Å². The number of carbonyl (C=O) groups is 1. The van der Waals surface area contributed by atoms with Crippen molar-refractivity contribution in [2.45, 2.75) is 26.3 Å². The van der Waals surface area contributed by atoms with Crippen LogP contribution in [-0.4, -0.2) is 28.9 Å². The van der Waals surface area contributed by atoms with Gasteiger partial charge in [-0.05, 0) is 49.6 Å². The average Bonchev–Trinajstić information content (AvgIpc) is 3.21. The summed E-state index contributed by atoms with van der Waals surface area (Å²) in [5.74, 6) is 0.140. The van der Waals surface area contributed by atoms with Gasteiger partial charge < -0.3 is 5.32 Å². The van der Waals surface area contributed by atoms with Crippen LogP contribution in [0.5, 0.6) is 0 Å². The Morgan fingerprint density at radius 3 is 2.82 bits per heavy atom. The number of hydrogen-bond donors (Lipinski definition) is 1. The molecular formula is C23H25N3OS. The van der Waals surface area contributed by atoms with Crippen molar-refractivity contribution in [2.75, 3.05) is 18.4 Å². The maximum absolute atomic E-state index is 12.9. The fourth-order valence-electron chi connectivity index (χ4n) is 3.78. The molecule has 1 N–H and O–H groups in total. The third kappa shape index (κ3) is 4.66. The van der Waals surface area contributed by atoms with Gasteiger partial charge in [-0.3, -0.25) is 9.69 Å². The highest BCUT2D eigenvalue weighted by molar-refractivity contribution is 7.09. The van der Waals surface area contributed by atoms with Gasteiger partial charge in [-0.15, -0.1) is 11.3 Å². The molecule has 2 aromatic carbocycles. The Morgan fingerprint density at radius 1 is 1.21 bits per heavy atom. The minimum absolute atomic E-state index is 0.0244. The maximum atomic E-state index is 12.9. The second kappa shape index (κ2) is 8.67. The number of likely N-dealkylation sites (tertiary alicyclic amines) is 1. The summed E-state index contributed by atoms with van der Waals surface area (Å²) in [7, 11) is 0. The van der Waals surface area contributed by atoms with Crippen LogP contribution in [-0.2, 0) is 11.3 Å². The van der Waals surface area contributed by atoms with Gasteiger partial charge in [0.2, 0.25) is 5.91 Å². The van der Waals surface area contributed by atoms with Crippen LogP contribution in [0.1, 0.15) is 23.4 Å². The molecule has 144 valence electrons. The molecule has 2 heterocycles. The van der Waals surface area contributed by atoms with Crippen molar-refractivity contribution < 1.29 is 4.79 Å². The van der Waals surface area contributed by atoms with Crippen molar-refractivity contribution in [3.05, 3.63) is 70.7 Å². The van der Waals surface area contributed by atoms with Gasteiger partial charge in [0.25, 0.3) is 0 Å². The fourth-order valence-corrected chi connectivity index (χ4v) is 4.44. The van der Waals surface area contributed by atoms with Gasteiger partial charge in [0.05, 0.1) is 12.5 Å². The van der Waals surface area contributed by atoms with E-state index in [1.165, 1.54) is 11.1 Å². The number of aryl methyl sites for hydroxylation is 1. The number of hydrogen-bond acceptors (Lipinski definition) is 4. The first-order valence-corrected chi connectivity index (χ1v) is 10.6. The molecule has 0 aliphatic carbocycles. The highest BCUT2D eigenvalue weighted by atomic mass is 32.1. The molecular weight excluding hydrogens is 366 g/mol. The van der Waals surface area contributed by atoms with Crippen molar-refractivity contribution >= 4 is 22.9 Å². The smallest absolute Gasteiger partial charge is 0.228 e. The van der Waals surface area contributed by atoms with E-state index in [2.05, 4.69) is 58.5 Å². The number of thiazole rings is 1. The maximum Gasteiger partial charge on any atom is 0.228 e. The van der Waals surface area contributed by atoms with Crippen LogP contribution < -0.4 is 5.32 Å². The zero-order valence-corrected chi connectivity index (χ0v) is 16.9. The topological polar surface area (TPSA) is 45.2 Å². The van der Waals surface area contributed by atoms with Gasteiger partial charge in [-0.25, -0.2) is 4.98 Å². The van der Waals surface area contributed by atoms with Crippen LogP contribution in [0.2, 0.25) is 0 Å². The van der Waals surface area contributed by atoms with Crippen LogP contribution in [0, 0.1) is 12.8 Å². The lowest BCUT2D eigenvalue weighted by Crippen LogP contribution is -2.40. The lowest BCUT2D eigenvalue weighted by atomic mass is 9.97. The molecule has 1 atom stereocenters. The monoisotopic (exact) mass is 391 g/mol. The van der Waals surface area contributed by atoms with Gasteiger partial charge >= 0.3 is 0 Å². The molecule has 1 fully saturated rings. The lowest BCUT2D eigenvalue weighted by Gasteiger charge is -2.31. The Morgan fingerprint density at radius 2 is 2.04 bits per heavy atom. The normalized spacial score (nSPS) is 17.4. The number of amides is 1. The number of rotatable bonds is 5. The van der Waals surface area contributed by atoms with Crippen LogP contribution in [0.4, 0.5) is 5.69 Å². The van der Waals surface area contributed by atoms with Gasteiger partial charge in [-0.1, -0.05) is 42.0 Å². The minimum Gasteiger partial charge on any atom is -0.326 e. The first-order valence-electron chi connectivity index (χ1n) is 9.76. The summed E-state index contributed by atoms with van der Waals surface area (Å²) in [5, 5.41) is 6.26. The molecule has 0 bridgehead atoms. The molecule has 3 aromatic rings. The molecule has 1 unspecified atom stereocenters. The van der Waals surface area contributed by atoms with Gasteiger partial charge in [0.15, 0.2) is 0 Å². The third-order valence-corrected chi connectivity index (χ3v) is 5.96. The van der Waals surface area contributed by atoms with Crippen molar-refractivity contribution in [1.82, 2.24) is 9.88 Å². The number of piperidine rings is 1. The number of carbonyl (C=O) groups excluding carboxylic acids is 1. The number of aromatic nitrogens is 1. The summed E-state index contributed by atoms with van der Waals surface area (Å²) in [6.07, 6.45) is 3.83. The van der Waals surface area contributed by atoms with Crippen LogP contribution >= 0.6 is 11.3 Å². The van der Waals surface area contributed by atoms with Crippen molar-refractivity contribution in [2.24, 2.45) is 5.92 Å². The largest absolute Gasteiger partial charge is 0.326 e. The van der Waals surface area contributed by atoms with Crippen LogP contribution in [0.3, 0.4) is 0 Å². The molecule has 1 aliphatic rings. The summed E-state index contributed by atoms with van der Waals surface area (Å²) in [6, 6.07) is 16.5. The molecule has 4 rings (SSSR count). The summed E-state index contributed by atoms with van der Waals surface area (Å²) in [4.78, 5) is 19.6. The van der Waals surface area contributed by atoms with E-state index in [1.54, 1.807) is 11.3 Å². The molecule has 1 aliphatic heterocycles. The lowest BCUT2D eigenvalue weighted by molar-refractivity contribution is -0.121. The van der Waals surface area contributed by atoms with Gasteiger partial charge in [-0.2, -0.15) is 0 Å². The molecule has 4 nitrogen and oxygen atoms in total. The highest BCUT2D eigenvalue weighted by Crippen LogP contribution is 2.25. The highest BCUT2D eigenvalue weighted by Gasteiger charge is 2.26. The molecule has 0 spiro atoms. The Labute approximate surface area is 170 Å². The first kappa shape index (κ1) is 18.8. The SMILES string of the molecule is Cc1cccc(-c2cccc(NC(=O)C3CCCN(Cc4nccs4)C3)c2)c1. The van der Waals surface area contributed by atoms with Crippen molar-refractivity contribution in [1.29, 1.82) is 0 Å². The standard InChI is InChI=1S/C23H25N3OS/c1-17-5-2-6-18(13-17)19-7-3-9-21(14-19)25-23(27)20-8-4-11-26(15-20)16-22-24-10-12-28-22/h2-3,5-7,9-10,12-14,20H,4,8,11,15-16H2,1H3,(H,25,27). The number of anilines is 1. The van der Waals surface area contributed by atoms with E-state index < -0.39 is 0 Å². The van der Waals surface area contributed by atoms with Gasteiger partial charge in [0.1, 0.15) is 5.01 Å². The average molecular weight is 392 g/mol. The summed E-state index contributed by atoms with van der Waals surface area (Å²) < 4.78 is 0. The van der Waals surface area contributed by atoms with E-state index in [0.29, 0.717) is 0 Å². The van der Waals surface area contributed by atoms with Crippen molar-refractivity contribution in [3.63, 3.8) is 0 Å². The molecule has 1 aromatic heterocycles.